The van der Waals surface area contributed by atoms with Gasteiger partial charge in [-0.1, -0.05) is 30.3 Å². The van der Waals surface area contributed by atoms with Crippen LogP contribution in [0.4, 0.5) is 4.79 Å². The Bertz CT molecular complexity index is 580. The molecule has 0 aliphatic carbocycles. The highest BCUT2D eigenvalue weighted by Crippen LogP contribution is 2.34. The first kappa shape index (κ1) is 16.9. The Hall–Kier alpha value is -1.59. The molecule has 3 heterocycles. The number of ether oxygens (including phenoxy) is 1. The van der Waals surface area contributed by atoms with Crippen LogP contribution in [0, 0.1) is 5.92 Å². The average Bonchev–Trinajstić information content (AvgIpc) is 3.36. The summed E-state index contributed by atoms with van der Waals surface area (Å²) in [6, 6.07) is 10.8. The Morgan fingerprint density at radius 3 is 2.84 bits per heavy atom. The monoisotopic (exact) mass is 343 g/mol. The van der Waals surface area contributed by atoms with Crippen molar-refractivity contribution in [2.45, 2.75) is 50.4 Å². The minimum atomic E-state index is -0.0242. The standard InChI is InChI=1S/C20H29N3O2/c24-20(22-18-12-17-6-7-19(18)25-17)21-13-16-9-11-23(14-16)10-8-15-4-2-1-3-5-15/h1-5,16-19H,6-14H2,(H2,21,22,24). The second-order valence-electron chi connectivity index (χ2n) is 7.76. The molecule has 3 saturated heterocycles. The maximum atomic E-state index is 12.1. The van der Waals surface area contributed by atoms with Crippen LogP contribution in [-0.4, -0.2) is 55.4 Å². The first-order valence-corrected chi connectivity index (χ1v) is 9.72. The summed E-state index contributed by atoms with van der Waals surface area (Å²) in [5.41, 5.74) is 1.40. The molecular weight excluding hydrogens is 314 g/mol. The van der Waals surface area contributed by atoms with Crippen LogP contribution in [0.15, 0.2) is 30.3 Å². The second-order valence-corrected chi connectivity index (χ2v) is 7.76. The number of hydrogen-bond donors (Lipinski definition) is 2. The summed E-state index contributed by atoms with van der Waals surface area (Å²) < 4.78 is 5.79. The highest BCUT2D eigenvalue weighted by molar-refractivity contribution is 5.74. The molecule has 0 spiro atoms. The van der Waals surface area contributed by atoms with Crippen LogP contribution in [0.3, 0.4) is 0 Å². The van der Waals surface area contributed by atoms with Crippen molar-refractivity contribution in [2.75, 3.05) is 26.2 Å². The summed E-state index contributed by atoms with van der Waals surface area (Å²) in [6.45, 7) is 4.11. The lowest BCUT2D eigenvalue weighted by Gasteiger charge is -2.21. The van der Waals surface area contributed by atoms with Gasteiger partial charge in [0.15, 0.2) is 0 Å². The van der Waals surface area contributed by atoms with E-state index >= 15 is 0 Å². The van der Waals surface area contributed by atoms with Gasteiger partial charge in [0.25, 0.3) is 0 Å². The molecule has 0 saturated carbocycles. The van der Waals surface area contributed by atoms with Gasteiger partial charge in [0, 0.05) is 19.6 Å². The Labute approximate surface area is 150 Å². The van der Waals surface area contributed by atoms with E-state index in [-0.39, 0.29) is 18.2 Å². The predicted molar refractivity (Wildman–Crippen MR) is 97.5 cm³/mol. The molecule has 4 unspecified atom stereocenters. The van der Waals surface area contributed by atoms with Crippen LogP contribution in [0.2, 0.25) is 0 Å². The topological polar surface area (TPSA) is 53.6 Å². The van der Waals surface area contributed by atoms with Gasteiger partial charge in [0.1, 0.15) is 0 Å². The molecule has 5 nitrogen and oxygen atoms in total. The average molecular weight is 343 g/mol. The van der Waals surface area contributed by atoms with E-state index in [4.69, 9.17) is 4.74 Å². The lowest BCUT2D eigenvalue weighted by atomic mass is 9.96. The van der Waals surface area contributed by atoms with Crippen LogP contribution < -0.4 is 10.6 Å². The SMILES string of the molecule is O=C(NCC1CCN(CCc2ccccc2)C1)NC1CC2CCC1O2. The van der Waals surface area contributed by atoms with E-state index in [1.54, 1.807) is 0 Å². The zero-order valence-corrected chi connectivity index (χ0v) is 14.8. The number of rotatable bonds is 6. The van der Waals surface area contributed by atoms with Gasteiger partial charge in [-0.3, -0.25) is 0 Å². The van der Waals surface area contributed by atoms with E-state index in [9.17, 15) is 4.79 Å². The molecule has 2 N–H and O–H groups in total. The summed E-state index contributed by atoms with van der Waals surface area (Å²) in [5, 5.41) is 6.18. The van der Waals surface area contributed by atoms with Crippen molar-refractivity contribution >= 4 is 6.03 Å². The van der Waals surface area contributed by atoms with E-state index in [1.165, 1.54) is 12.0 Å². The fourth-order valence-electron chi connectivity index (χ4n) is 4.46. The van der Waals surface area contributed by atoms with E-state index < -0.39 is 0 Å². The molecule has 0 radical (unpaired) electrons. The van der Waals surface area contributed by atoms with Crippen molar-refractivity contribution in [1.29, 1.82) is 0 Å². The number of nitrogens with one attached hydrogen (secondary N) is 2. The summed E-state index contributed by atoms with van der Waals surface area (Å²) in [6.07, 6.45) is 6.13. The smallest absolute Gasteiger partial charge is 0.315 e. The molecule has 1 aromatic rings. The van der Waals surface area contributed by atoms with Crippen LogP contribution in [0.25, 0.3) is 0 Å². The van der Waals surface area contributed by atoms with Gasteiger partial charge < -0.3 is 20.3 Å². The number of likely N-dealkylation sites (tertiary alicyclic amines) is 1. The van der Waals surface area contributed by atoms with E-state index in [2.05, 4.69) is 45.9 Å². The number of hydrogen-bond acceptors (Lipinski definition) is 3. The van der Waals surface area contributed by atoms with Gasteiger partial charge in [-0.25, -0.2) is 4.79 Å². The molecule has 3 aliphatic heterocycles. The highest BCUT2D eigenvalue weighted by atomic mass is 16.5. The normalized spacial score (nSPS) is 31.4. The Morgan fingerprint density at radius 2 is 2.08 bits per heavy atom. The van der Waals surface area contributed by atoms with Gasteiger partial charge in [0.2, 0.25) is 0 Å². The van der Waals surface area contributed by atoms with Crippen molar-refractivity contribution in [3.63, 3.8) is 0 Å². The van der Waals surface area contributed by atoms with Gasteiger partial charge >= 0.3 is 6.03 Å². The Balaban J connectivity index is 1.13. The van der Waals surface area contributed by atoms with Crippen molar-refractivity contribution < 1.29 is 9.53 Å². The Kier molecular flexibility index (Phi) is 5.22. The van der Waals surface area contributed by atoms with Gasteiger partial charge in [-0.2, -0.15) is 0 Å². The van der Waals surface area contributed by atoms with Gasteiger partial charge in [-0.05, 0) is 50.1 Å². The maximum absolute atomic E-state index is 12.1. The number of nitrogens with zero attached hydrogens (tertiary/aromatic N) is 1. The first-order chi connectivity index (χ1) is 12.3. The van der Waals surface area contributed by atoms with Crippen molar-refractivity contribution in [3.8, 4) is 0 Å². The fraction of sp³-hybridized carbons (Fsp3) is 0.650. The molecule has 4 rings (SSSR count). The van der Waals surface area contributed by atoms with Crippen LogP contribution >= 0.6 is 0 Å². The lowest BCUT2D eigenvalue weighted by molar-refractivity contribution is 0.0981. The van der Waals surface area contributed by atoms with E-state index in [0.717, 1.165) is 51.9 Å². The minimum Gasteiger partial charge on any atom is -0.373 e. The van der Waals surface area contributed by atoms with Crippen LogP contribution in [0.1, 0.15) is 31.2 Å². The molecular formula is C20H29N3O2. The predicted octanol–water partition coefficient (Wildman–Crippen LogP) is 2.17. The number of carbonyl (C=O) groups excluding carboxylic acids is 1. The molecule has 2 amide bonds. The Morgan fingerprint density at radius 1 is 1.20 bits per heavy atom. The number of amides is 2. The molecule has 0 aromatic heterocycles. The molecule has 2 bridgehead atoms. The molecule has 5 heteroatoms. The third kappa shape index (κ3) is 4.33. The zero-order chi connectivity index (χ0) is 17.1. The summed E-state index contributed by atoms with van der Waals surface area (Å²) in [5.74, 6) is 0.567. The lowest BCUT2D eigenvalue weighted by Crippen LogP contribution is -2.47. The second kappa shape index (κ2) is 7.75. The maximum Gasteiger partial charge on any atom is 0.315 e. The largest absolute Gasteiger partial charge is 0.373 e. The van der Waals surface area contributed by atoms with Crippen molar-refractivity contribution in [1.82, 2.24) is 15.5 Å². The molecule has 4 atom stereocenters. The minimum absolute atomic E-state index is 0.0242. The van der Waals surface area contributed by atoms with Gasteiger partial charge in [0.05, 0.1) is 18.2 Å². The number of fused-ring (bicyclic) bond motifs is 2. The first-order valence-electron chi connectivity index (χ1n) is 9.72. The highest BCUT2D eigenvalue weighted by Gasteiger charge is 2.41. The van der Waals surface area contributed by atoms with E-state index in [1.807, 2.05) is 0 Å². The summed E-state index contributed by atoms with van der Waals surface area (Å²) in [4.78, 5) is 14.6. The molecule has 3 fully saturated rings. The number of urea groups is 1. The molecule has 136 valence electrons. The summed E-state index contributed by atoms with van der Waals surface area (Å²) >= 11 is 0. The number of carbonyl (C=O) groups is 1. The quantitative estimate of drug-likeness (QED) is 0.832. The third-order valence-electron chi connectivity index (χ3n) is 5.90. The van der Waals surface area contributed by atoms with Gasteiger partial charge in [-0.15, -0.1) is 0 Å². The molecule has 1 aromatic carbocycles. The number of benzene rings is 1. The third-order valence-corrected chi connectivity index (χ3v) is 5.90. The van der Waals surface area contributed by atoms with Crippen molar-refractivity contribution in [3.05, 3.63) is 35.9 Å². The van der Waals surface area contributed by atoms with E-state index in [0.29, 0.717) is 12.0 Å². The summed E-state index contributed by atoms with van der Waals surface area (Å²) in [7, 11) is 0. The molecule has 25 heavy (non-hydrogen) atoms. The zero-order valence-electron chi connectivity index (χ0n) is 14.8. The van der Waals surface area contributed by atoms with Crippen LogP contribution in [-0.2, 0) is 11.2 Å². The van der Waals surface area contributed by atoms with Crippen LogP contribution in [0.5, 0.6) is 0 Å². The van der Waals surface area contributed by atoms with Crippen molar-refractivity contribution in [2.24, 2.45) is 5.92 Å². The molecule has 3 aliphatic rings. The fourth-order valence-corrected chi connectivity index (χ4v) is 4.46.